The number of aliphatic hydroxyl groups is 9. The lowest BCUT2D eigenvalue weighted by Gasteiger charge is -2.50. The maximum Gasteiger partial charge on any atom is 0.233 e. The van der Waals surface area contributed by atoms with Gasteiger partial charge in [-0.3, -0.25) is 15.0 Å². The van der Waals surface area contributed by atoms with E-state index in [0.29, 0.717) is 19.3 Å². The lowest BCUT2D eigenvalue weighted by atomic mass is 9.96. The van der Waals surface area contributed by atoms with Crippen molar-refractivity contribution in [1.82, 2.24) is 10.7 Å². The number of nitrogens with one attached hydrogen (secondary N) is 2. The van der Waals surface area contributed by atoms with E-state index in [-0.39, 0.29) is 18.9 Å². The van der Waals surface area contributed by atoms with Crippen molar-refractivity contribution >= 4 is 11.8 Å². The number of hydrazine groups is 1. The molecule has 4 fully saturated rings. The van der Waals surface area contributed by atoms with Crippen LogP contribution in [0.15, 0.2) is 0 Å². The molecule has 8 unspecified atom stereocenters. The first-order valence-corrected chi connectivity index (χ1v) is 18.1. The number of carbonyl (C=O) groups is 2. The van der Waals surface area contributed by atoms with E-state index >= 15 is 0 Å². The van der Waals surface area contributed by atoms with Crippen LogP contribution in [0.25, 0.3) is 0 Å². The Labute approximate surface area is 316 Å². The molecule has 55 heavy (non-hydrogen) atoms. The van der Waals surface area contributed by atoms with E-state index < -0.39 is 135 Å². The molecular formula is C32H57N3O20. The number of methoxy groups -OCH3 is 1. The maximum atomic E-state index is 12.6. The Morgan fingerprint density at radius 2 is 1.25 bits per heavy atom. The standard InChI is InChI=1S/C32H57N3O20/c1-11-17(39)20(42)22(44)31(50-11)54-27-21(43)19(41)14(10-36)51-32(27)52-25-16(34-13(3)37)28(55-29(47-4)23(25)45)53-26-18(40)12(2)49-30(24(26)46)48-9-7-5-6-8-15(38)35-33/h11-12,14,16-32,36,39-46H,5-10,33H2,1-4H3,(H,34,37)(H,35,38)/t11?,12?,14?,16?,17-,18-,19-,20-,21-,22?,23-,24?,25?,26-,27?,28-,29+,30+,31-,32+/m0/s1. The summed E-state index contributed by atoms with van der Waals surface area (Å²) in [5, 5.41) is 99.1. The number of unbranched alkanes of at least 4 members (excludes halogenated alkanes) is 2. The molecule has 4 aliphatic rings. The summed E-state index contributed by atoms with van der Waals surface area (Å²) in [7, 11) is 1.17. The van der Waals surface area contributed by atoms with Gasteiger partial charge < -0.3 is 93.9 Å². The third kappa shape index (κ3) is 11.0. The lowest BCUT2D eigenvalue weighted by Crippen LogP contribution is -2.70. The summed E-state index contributed by atoms with van der Waals surface area (Å²) >= 11 is 0. The minimum absolute atomic E-state index is 0.102. The fraction of sp³-hybridized carbons (Fsp3) is 0.938. The van der Waals surface area contributed by atoms with Gasteiger partial charge in [0.25, 0.3) is 0 Å². The molecular weight excluding hydrogens is 746 g/mol. The van der Waals surface area contributed by atoms with Crippen LogP contribution in [0.1, 0.15) is 46.5 Å². The highest BCUT2D eigenvalue weighted by Crippen LogP contribution is 2.35. The predicted molar refractivity (Wildman–Crippen MR) is 177 cm³/mol. The molecule has 0 aromatic carbocycles. The Kier molecular flexibility index (Phi) is 17.3. The van der Waals surface area contributed by atoms with Crippen LogP contribution in [0.2, 0.25) is 0 Å². The van der Waals surface area contributed by atoms with Crippen LogP contribution in [0.3, 0.4) is 0 Å². The molecule has 13 N–H and O–H groups in total. The Bertz CT molecular complexity index is 1210. The van der Waals surface area contributed by atoms with Gasteiger partial charge in [0.15, 0.2) is 31.5 Å². The number of amides is 2. The second kappa shape index (κ2) is 20.7. The molecule has 4 rings (SSSR count). The zero-order valence-corrected chi connectivity index (χ0v) is 30.9. The summed E-state index contributed by atoms with van der Waals surface area (Å²) in [6.07, 6.45) is -28.4. The van der Waals surface area contributed by atoms with Gasteiger partial charge in [0.05, 0.1) is 18.8 Å². The average Bonchev–Trinajstić information content (AvgIpc) is 3.15. The molecule has 0 radical (unpaired) electrons. The van der Waals surface area contributed by atoms with E-state index in [9.17, 15) is 55.5 Å². The van der Waals surface area contributed by atoms with Crippen molar-refractivity contribution in [3.63, 3.8) is 0 Å². The molecule has 23 heteroatoms. The van der Waals surface area contributed by atoms with Crippen LogP contribution in [0, 0.1) is 0 Å². The zero-order chi connectivity index (χ0) is 40.7. The molecule has 0 aliphatic carbocycles. The number of carbonyl (C=O) groups excluding carboxylic acids is 2. The van der Waals surface area contributed by atoms with Gasteiger partial charge >= 0.3 is 0 Å². The van der Waals surface area contributed by atoms with E-state index in [4.69, 9.17) is 48.5 Å². The van der Waals surface area contributed by atoms with Crippen molar-refractivity contribution in [2.24, 2.45) is 5.84 Å². The molecule has 4 heterocycles. The largest absolute Gasteiger partial charge is 0.394 e. The van der Waals surface area contributed by atoms with Gasteiger partial charge in [-0.25, -0.2) is 5.84 Å². The monoisotopic (exact) mass is 803 g/mol. The topological polar surface area (TPSA) is 349 Å². The quantitative estimate of drug-likeness (QED) is 0.0299. The molecule has 320 valence electrons. The third-order valence-electron chi connectivity index (χ3n) is 9.91. The molecule has 4 aliphatic heterocycles. The van der Waals surface area contributed by atoms with Crippen LogP contribution < -0.4 is 16.6 Å². The first kappa shape index (κ1) is 45.9. The van der Waals surface area contributed by atoms with E-state index in [1.165, 1.54) is 21.0 Å². The van der Waals surface area contributed by atoms with Crippen molar-refractivity contribution in [3.05, 3.63) is 0 Å². The van der Waals surface area contributed by atoms with E-state index in [2.05, 4.69) is 5.32 Å². The van der Waals surface area contributed by atoms with Gasteiger partial charge in [0, 0.05) is 27.1 Å². The molecule has 0 bridgehead atoms. The van der Waals surface area contributed by atoms with Gasteiger partial charge in [-0.05, 0) is 26.7 Å². The van der Waals surface area contributed by atoms with Gasteiger partial charge in [0.1, 0.15) is 79.3 Å². The van der Waals surface area contributed by atoms with E-state index in [1.807, 2.05) is 5.43 Å². The number of rotatable bonds is 16. The highest BCUT2D eigenvalue weighted by atomic mass is 16.8. The number of aliphatic hydroxyl groups excluding tert-OH is 9. The predicted octanol–water partition coefficient (Wildman–Crippen LogP) is -6.36. The first-order chi connectivity index (χ1) is 26.0. The van der Waals surface area contributed by atoms with Gasteiger partial charge in [-0.2, -0.15) is 0 Å². The fourth-order valence-electron chi connectivity index (χ4n) is 6.71. The summed E-state index contributed by atoms with van der Waals surface area (Å²) in [4.78, 5) is 23.9. The molecule has 20 atom stereocenters. The molecule has 0 spiro atoms. The molecule has 4 saturated heterocycles. The normalized spacial score (nSPS) is 45.2. The molecule has 0 aromatic heterocycles. The minimum Gasteiger partial charge on any atom is -0.394 e. The first-order valence-electron chi connectivity index (χ1n) is 18.1. The lowest BCUT2D eigenvalue weighted by molar-refractivity contribution is -0.397. The average molecular weight is 804 g/mol. The summed E-state index contributed by atoms with van der Waals surface area (Å²) in [6.45, 7) is 3.28. The third-order valence-corrected chi connectivity index (χ3v) is 9.91. The molecule has 0 aromatic rings. The second-order valence-electron chi connectivity index (χ2n) is 14.0. The number of hydrogen-bond donors (Lipinski definition) is 12. The fourth-order valence-corrected chi connectivity index (χ4v) is 6.71. The Morgan fingerprint density at radius 1 is 0.636 bits per heavy atom. The van der Waals surface area contributed by atoms with Crippen LogP contribution in [-0.4, -0.2) is 201 Å². The number of ether oxygens (including phenoxy) is 9. The summed E-state index contributed by atoms with van der Waals surface area (Å²) in [5.74, 6) is 4.08. The van der Waals surface area contributed by atoms with Crippen molar-refractivity contribution < 1.29 is 98.2 Å². The van der Waals surface area contributed by atoms with Crippen LogP contribution in [0.4, 0.5) is 0 Å². The number of hydrogen-bond acceptors (Lipinski definition) is 21. The van der Waals surface area contributed by atoms with Gasteiger partial charge in [-0.15, -0.1) is 0 Å². The summed E-state index contributed by atoms with van der Waals surface area (Å²) in [6, 6.07) is -1.50. The van der Waals surface area contributed by atoms with E-state index in [0.717, 1.165) is 6.92 Å². The SMILES string of the molecule is CO[C@@H]1O[C@H](O[C@@H]2C(O)[C@H](OCCCCCC(=O)NN)OC(C)[C@@H]2O)C(NC(C)=O)C(O[C@H]2OC(CO)[C@H](O)[C@H](O)C2O[C@@H]2OC(C)[C@H](O)[C@H](O)C2O)[C@@H]1O. The van der Waals surface area contributed by atoms with Crippen molar-refractivity contribution in [3.8, 4) is 0 Å². The second-order valence-corrected chi connectivity index (χ2v) is 14.0. The number of nitrogens with two attached hydrogens (primary N) is 1. The van der Waals surface area contributed by atoms with Crippen LogP contribution >= 0.6 is 0 Å². The maximum absolute atomic E-state index is 12.6. The smallest absolute Gasteiger partial charge is 0.233 e. The van der Waals surface area contributed by atoms with E-state index in [1.54, 1.807) is 0 Å². The van der Waals surface area contributed by atoms with Crippen LogP contribution in [0.5, 0.6) is 0 Å². The Hall–Kier alpha value is -1.82. The van der Waals surface area contributed by atoms with Crippen molar-refractivity contribution in [2.75, 3.05) is 20.3 Å². The Balaban J connectivity index is 1.56. The molecule has 0 saturated carbocycles. The van der Waals surface area contributed by atoms with Crippen molar-refractivity contribution in [1.29, 1.82) is 0 Å². The van der Waals surface area contributed by atoms with Gasteiger partial charge in [-0.1, -0.05) is 6.42 Å². The highest BCUT2D eigenvalue weighted by molar-refractivity contribution is 5.75. The van der Waals surface area contributed by atoms with Crippen molar-refractivity contribution in [2.45, 2.75) is 169 Å². The Morgan fingerprint density at radius 3 is 1.89 bits per heavy atom. The highest BCUT2D eigenvalue weighted by Gasteiger charge is 2.56. The molecule has 23 nitrogen and oxygen atoms in total. The van der Waals surface area contributed by atoms with Gasteiger partial charge in [0.2, 0.25) is 11.8 Å². The van der Waals surface area contributed by atoms with Crippen LogP contribution in [-0.2, 0) is 52.2 Å². The zero-order valence-electron chi connectivity index (χ0n) is 30.9. The summed E-state index contributed by atoms with van der Waals surface area (Å²) < 4.78 is 51.8. The molecule has 2 amide bonds. The summed E-state index contributed by atoms with van der Waals surface area (Å²) in [5.41, 5.74) is 2.04. The minimum atomic E-state index is -1.91.